The monoisotopic (exact) mass is 348 g/mol. The fourth-order valence-corrected chi connectivity index (χ4v) is 1.87. The van der Waals surface area contributed by atoms with Gasteiger partial charge in [-0.15, -0.1) is 0 Å². The van der Waals surface area contributed by atoms with Crippen molar-refractivity contribution in [2.24, 2.45) is 17.4 Å². The van der Waals surface area contributed by atoms with Crippen LogP contribution in [0.2, 0.25) is 0 Å². The van der Waals surface area contributed by atoms with Crippen molar-refractivity contribution in [1.29, 1.82) is 0 Å². The van der Waals surface area contributed by atoms with Crippen molar-refractivity contribution in [3.05, 3.63) is 0 Å². The van der Waals surface area contributed by atoms with Crippen molar-refractivity contribution < 1.29 is 24.3 Å². The zero-order valence-electron chi connectivity index (χ0n) is 13.1. The minimum Gasteiger partial charge on any atom is -0.480 e. The van der Waals surface area contributed by atoms with Crippen LogP contribution in [0.3, 0.4) is 0 Å². The Kier molecular flexibility index (Phi) is 9.27. The highest BCUT2D eigenvalue weighted by Crippen LogP contribution is 2.09. The highest BCUT2D eigenvalue weighted by atomic mass is 32.1. The Hall–Kier alpha value is -1.81. The number of hydrogen-bond acceptors (Lipinski definition) is 6. The number of nitrogens with one attached hydrogen (secondary N) is 2. The topological polar surface area (TPSA) is 165 Å². The lowest BCUT2D eigenvalue weighted by Gasteiger charge is -2.26. The van der Waals surface area contributed by atoms with Crippen LogP contribution in [-0.2, 0) is 19.2 Å². The first-order valence-corrected chi connectivity index (χ1v) is 7.75. The summed E-state index contributed by atoms with van der Waals surface area (Å²) in [4.78, 5) is 46.1. The molecule has 0 saturated carbocycles. The summed E-state index contributed by atoms with van der Waals surface area (Å²) in [6.07, 6.45) is 0.0143. The fraction of sp³-hybridized carbons (Fsp3) is 0.692. The third-order valence-electron chi connectivity index (χ3n) is 3.35. The molecule has 4 atom stereocenters. The molecule has 10 heteroatoms. The van der Waals surface area contributed by atoms with Crippen LogP contribution >= 0.6 is 12.6 Å². The number of thiol groups is 1. The van der Waals surface area contributed by atoms with Gasteiger partial charge in [-0.2, -0.15) is 12.6 Å². The van der Waals surface area contributed by atoms with Gasteiger partial charge in [-0.3, -0.25) is 14.4 Å². The highest BCUT2D eigenvalue weighted by Gasteiger charge is 2.31. The first-order chi connectivity index (χ1) is 10.6. The molecule has 0 heterocycles. The maximum absolute atomic E-state index is 12.3. The Bertz CT molecular complexity index is 460. The molecule has 7 N–H and O–H groups in total. The molecule has 0 aromatic carbocycles. The summed E-state index contributed by atoms with van der Waals surface area (Å²) in [5.74, 6) is -3.71. The summed E-state index contributed by atoms with van der Waals surface area (Å²) in [7, 11) is 0. The lowest BCUT2D eigenvalue weighted by atomic mass is 9.97. The van der Waals surface area contributed by atoms with E-state index in [9.17, 15) is 19.2 Å². The van der Waals surface area contributed by atoms with Gasteiger partial charge >= 0.3 is 5.97 Å². The molecule has 4 unspecified atom stereocenters. The van der Waals surface area contributed by atoms with Gasteiger partial charge in [0.2, 0.25) is 17.7 Å². The lowest BCUT2D eigenvalue weighted by Crippen LogP contribution is -2.57. The molecule has 0 aliphatic carbocycles. The molecule has 132 valence electrons. The SMILES string of the molecule is CCC(C)C(NC(=O)C(N)CS)C(=O)NC(CC(N)=O)C(=O)O. The van der Waals surface area contributed by atoms with E-state index in [1.54, 1.807) is 6.92 Å². The largest absolute Gasteiger partial charge is 0.480 e. The number of carbonyl (C=O) groups excluding carboxylic acids is 3. The van der Waals surface area contributed by atoms with Crippen molar-refractivity contribution in [2.45, 2.75) is 44.8 Å². The number of hydrogen-bond donors (Lipinski definition) is 6. The van der Waals surface area contributed by atoms with E-state index in [2.05, 4.69) is 23.3 Å². The Morgan fingerprint density at radius 1 is 1.17 bits per heavy atom. The molecule has 0 fully saturated rings. The van der Waals surface area contributed by atoms with Crippen molar-refractivity contribution >= 4 is 36.3 Å². The minimum atomic E-state index is -1.46. The van der Waals surface area contributed by atoms with Gasteiger partial charge in [0, 0.05) is 5.75 Å². The van der Waals surface area contributed by atoms with E-state index < -0.39 is 48.2 Å². The van der Waals surface area contributed by atoms with Crippen LogP contribution in [0.15, 0.2) is 0 Å². The van der Waals surface area contributed by atoms with Gasteiger partial charge in [-0.25, -0.2) is 4.79 Å². The van der Waals surface area contributed by atoms with Gasteiger partial charge in [0.05, 0.1) is 12.5 Å². The minimum absolute atomic E-state index is 0.0973. The summed E-state index contributed by atoms with van der Waals surface area (Å²) in [6, 6.07) is -3.33. The summed E-state index contributed by atoms with van der Waals surface area (Å²) >= 11 is 3.91. The molecular formula is C13H24N4O5S. The van der Waals surface area contributed by atoms with Gasteiger partial charge < -0.3 is 27.2 Å². The Morgan fingerprint density at radius 3 is 2.13 bits per heavy atom. The highest BCUT2D eigenvalue weighted by molar-refractivity contribution is 7.80. The van der Waals surface area contributed by atoms with E-state index in [-0.39, 0.29) is 11.7 Å². The number of amides is 3. The van der Waals surface area contributed by atoms with Crippen LogP contribution < -0.4 is 22.1 Å². The molecule has 0 bridgehead atoms. The maximum atomic E-state index is 12.3. The summed E-state index contributed by atoms with van der Waals surface area (Å²) in [5, 5.41) is 13.7. The average molecular weight is 348 g/mol. The van der Waals surface area contributed by atoms with Crippen LogP contribution in [0.1, 0.15) is 26.7 Å². The van der Waals surface area contributed by atoms with Gasteiger partial charge in [0.1, 0.15) is 12.1 Å². The van der Waals surface area contributed by atoms with Crippen LogP contribution in [-0.4, -0.2) is 52.7 Å². The summed E-state index contributed by atoms with van der Waals surface area (Å²) < 4.78 is 0. The maximum Gasteiger partial charge on any atom is 0.326 e. The predicted molar refractivity (Wildman–Crippen MR) is 86.6 cm³/mol. The molecule has 0 aliphatic rings. The van der Waals surface area contributed by atoms with Crippen LogP contribution in [0.5, 0.6) is 0 Å². The molecule has 0 aromatic rings. The van der Waals surface area contributed by atoms with E-state index in [0.29, 0.717) is 6.42 Å². The zero-order valence-corrected chi connectivity index (χ0v) is 14.0. The third kappa shape index (κ3) is 7.33. The van der Waals surface area contributed by atoms with Gasteiger partial charge in [0.25, 0.3) is 0 Å². The zero-order chi connectivity index (χ0) is 18.2. The second kappa shape index (κ2) is 10.1. The normalized spacial score (nSPS) is 15.8. The Balaban J connectivity index is 5.09. The molecule has 0 aromatic heterocycles. The summed E-state index contributed by atoms with van der Waals surface area (Å²) in [5.41, 5.74) is 10.5. The fourth-order valence-electron chi connectivity index (χ4n) is 1.71. The number of carboxylic acid groups (broad SMARTS) is 1. The second-order valence-corrected chi connectivity index (χ2v) is 5.60. The van der Waals surface area contributed by atoms with Crippen molar-refractivity contribution in [3.8, 4) is 0 Å². The first-order valence-electron chi connectivity index (χ1n) is 7.12. The number of nitrogens with two attached hydrogens (primary N) is 2. The molecule has 23 heavy (non-hydrogen) atoms. The summed E-state index contributed by atoms with van der Waals surface area (Å²) in [6.45, 7) is 3.54. The van der Waals surface area contributed by atoms with Crippen molar-refractivity contribution in [3.63, 3.8) is 0 Å². The standard InChI is InChI=1S/C13H24N4O5S/c1-3-6(2)10(17-11(19)7(14)5-23)12(20)16-8(13(21)22)4-9(15)18/h6-8,10,23H,3-5,14H2,1-2H3,(H2,15,18)(H,16,20)(H,17,19)(H,21,22). The number of aliphatic carboxylic acids is 1. The quantitative estimate of drug-likeness (QED) is 0.255. The van der Waals surface area contributed by atoms with Gasteiger partial charge in [0.15, 0.2) is 0 Å². The van der Waals surface area contributed by atoms with Crippen LogP contribution in [0.4, 0.5) is 0 Å². The van der Waals surface area contributed by atoms with E-state index in [1.807, 2.05) is 6.92 Å². The average Bonchev–Trinajstić information content (AvgIpc) is 2.49. The third-order valence-corrected chi connectivity index (χ3v) is 3.74. The van der Waals surface area contributed by atoms with E-state index in [4.69, 9.17) is 16.6 Å². The molecule has 0 spiro atoms. The van der Waals surface area contributed by atoms with Crippen molar-refractivity contribution in [1.82, 2.24) is 10.6 Å². The van der Waals surface area contributed by atoms with Crippen molar-refractivity contribution in [2.75, 3.05) is 5.75 Å². The molecule has 9 nitrogen and oxygen atoms in total. The number of carboxylic acids is 1. The lowest BCUT2D eigenvalue weighted by molar-refractivity contribution is -0.144. The molecule has 0 saturated heterocycles. The predicted octanol–water partition coefficient (Wildman–Crippen LogP) is -1.78. The van der Waals surface area contributed by atoms with E-state index in [1.165, 1.54) is 0 Å². The molecular weight excluding hydrogens is 324 g/mol. The Morgan fingerprint density at radius 2 is 1.74 bits per heavy atom. The molecule has 0 rings (SSSR count). The number of rotatable bonds is 10. The van der Waals surface area contributed by atoms with E-state index >= 15 is 0 Å². The second-order valence-electron chi connectivity index (χ2n) is 5.23. The van der Waals surface area contributed by atoms with Crippen LogP contribution in [0, 0.1) is 5.92 Å². The van der Waals surface area contributed by atoms with Crippen LogP contribution in [0.25, 0.3) is 0 Å². The molecule has 3 amide bonds. The molecule has 0 aliphatic heterocycles. The van der Waals surface area contributed by atoms with Gasteiger partial charge in [-0.05, 0) is 5.92 Å². The Labute approximate surface area is 139 Å². The van der Waals surface area contributed by atoms with E-state index in [0.717, 1.165) is 0 Å². The van der Waals surface area contributed by atoms with Gasteiger partial charge in [-0.1, -0.05) is 20.3 Å². The molecule has 0 radical (unpaired) electrons. The number of primary amides is 1. The first kappa shape index (κ1) is 21.2. The number of carbonyl (C=O) groups is 4. The smallest absolute Gasteiger partial charge is 0.326 e.